The molecule has 42 heavy (non-hydrogen) atoms. The Balaban J connectivity index is 1.08. The van der Waals surface area contributed by atoms with Crippen molar-refractivity contribution in [1.29, 1.82) is 0 Å². The number of rotatable bonds is 7. The standard InChI is InChI=1S/C30H26FN9O2/c1-2-26(41)39-12-8-18(9-13-39)21-16-33-29-27(21)30(35-17-34-29)36-23-5-4-20(15-22(23)31)42-25-10-14-40(38-25)24-6-3-19-7-11-32-28(19)37-24/h2-7,10-11,14-18H,1,8-9,12-13H2,(H,32,37)(H2,33,34,35,36). The van der Waals surface area contributed by atoms with E-state index in [4.69, 9.17) is 4.74 Å². The molecule has 0 spiro atoms. The maximum Gasteiger partial charge on any atom is 0.245 e. The van der Waals surface area contributed by atoms with Gasteiger partial charge < -0.3 is 24.9 Å². The molecule has 3 N–H and O–H groups in total. The molecule has 0 saturated carbocycles. The Hall–Kier alpha value is -5.52. The predicted molar refractivity (Wildman–Crippen MR) is 156 cm³/mol. The van der Waals surface area contributed by atoms with Crippen LogP contribution in [0.2, 0.25) is 0 Å². The highest BCUT2D eigenvalue weighted by molar-refractivity contribution is 5.92. The van der Waals surface area contributed by atoms with E-state index in [1.807, 2.05) is 30.6 Å². The molecule has 0 atom stereocenters. The number of pyridine rings is 1. The number of halogens is 1. The van der Waals surface area contributed by atoms with Crippen LogP contribution in [-0.4, -0.2) is 58.6 Å². The van der Waals surface area contributed by atoms with Crippen molar-refractivity contribution in [2.75, 3.05) is 18.4 Å². The van der Waals surface area contributed by atoms with Crippen LogP contribution in [0.25, 0.3) is 27.9 Å². The van der Waals surface area contributed by atoms with Gasteiger partial charge in [0.15, 0.2) is 5.82 Å². The summed E-state index contributed by atoms with van der Waals surface area (Å²) >= 11 is 0. The van der Waals surface area contributed by atoms with Crippen molar-refractivity contribution in [2.45, 2.75) is 18.8 Å². The van der Waals surface area contributed by atoms with Crippen LogP contribution in [0.1, 0.15) is 24.3 Å². The molecule has 7 rings (SSSR count). The number of aromatic amines is 2. The lowest BCUT2D eigenvalue weighted by atomic mass is 9.89. The summed E-state index contributed by atoms with van der Waals surface area (Å²) in [6.07, 6.45) is 9.87. The Morgan fingerprint density at radius 1 is 1.10 bits per heavy atom. The number of piperidine rings is 1. The van der Waals surface area contributed by atoms with Crippen molar-refractivity contribution >= 4 is 39.5 Å². The molecular weight excluding hydrogens is 537 g/mol. The van der Waals surface area contributed by atoms with Gasteiger partial charge in [-0.05, 0) is 60.7 Å². The second-order valence-electron chi connectivity index (χ2n) is 10.0. The van der Waals surface area contributed by atoms with Gasteiger partial charge in [0.05, 0.1) is 11.1 Å². The highest BCUT2D eigenvalue weighted by Gasteiger charge is 2.26. The van der Waals surface area contributed by atoms with E-state index in [2.05, 4.69) is 41.9 Å². The van der Waals surface area contributed by atoms with E-state index < -0.39 is 5.82 Å². The quantitative estimate of drug-likeness (QED) is 0.216. The topological polar surface area (TPSA) is 130 Å². The van der Waals surface area contributed by atoms with E-state index >= 15 is 4.39 Å². The zero-order valence-electron chi connectivity index (χ0n) is 22.4. The number of benzene rings is 1. The van der Waals surface area contributed by atoms with Crippen LogP contribution in [-0.2, 0) is 4.79 Å². The fourth-order valence-corrected chi connectivity index (χ4v) is 5.39. The number of likely N-dealkylation sites (tertiary alicyclic amines) is 1. The summed E-state index contributed by atoms with van der Waals surface area (Å²) in [6.45, 7) is 4.87. The molecule has 12 heteroatoms. The van der Waals surface area contributed by atoms with Crippen molar-refractivity contribution in [2.24, 2.45) is 0 Å². The van der Waals surface area contributed by atoms with Crippen LogP contribution in [0.4, 0.5) is 15.9 Å². The van der Waals surface area contributed by atoms with Crippen LogP contribution in [0.15, 0.2) is 80.0 Å². The minimum absolute atomic E-state index is 0.0549. The van der Waals surface area contributed by atoms with Crippen LogP contribution >= 0.6 is 0 Å². The number of fused-ring (bicyclic) bond motifs is 2. The molecule has 6 aromatic rings. The Bertz CT molecular complexity index is 1930. The van der Waals surface area contributed by atoms with Gasteiger partial charge in [-0.15, -0.1) is 5.10 Å². The average molecular weight is 564 g/mol. The Kier molecular flexibility index (Phi) is 6.34. The lowest BCUT2D eigenvalue weighted by Crippen LogP contribution is -2.36. The molecule has 1 amide bonds. The Labute approximate surface area is 239 Å². The number of nitrogens with one attached hydrogen (secondary N) is 3. The highest BCUT2D eigenvalue weighted by atomic mass is 19.1. The number of hydrogen-bond acceptors (Lipinski definition) is 7. The van der Waals surface area contributed by atoms with Crippen LogP contribution < -0.4 is 10.1 Å². The van der Waals surface area contributed by atoms with E-state index in [1.54, 1.807) is 34.0 Å². The molecule has 1 fully saturated rings. The first-order chi connectivity index (χ1) is 20.6. The number of carbonyl (C=O) groups is 1. The fourth-order valence-electron chi connectivity index (χ4n) is 5.39. The molecule has 6 heterocycles. The lowest BCUT2D eigenvalue weighted by molar-refractivity contribution is -0.127. The summed E-state index contributed by atoms with van der Waals surface area (Å²) in [4.78, 5) is 33.4. The fraction of sp³-hybridized carbons (Fsp3) is 0.167. The molecule has 5 aromatic heterocycles. The number of hydrogen-bond donors (Lipinski definition) is 3. The van der Waals surface area contributed by atoms with Gasteiger partial charge in [-0.1, -0.05) is 6.58 Å². The summed E-state index contributed by atoms with van der Waals surface area (Å²) in [5.41, 5.74) is 2.70. The zero-order chi connectivity index (χ0) is 28.6. The van der Waals surface area contributed by atoms with E-state index in [0.717, 1.165) is 34.8 Å². The summed E-state index contributed by atoms with van der Waals surface area (Å²) in [5, 5.41) is 9.37. The number of carbonyl (C=O) groups excluding carboxylic acids is 1. The first-order valence-electron chi connectivity index (χ1n) is 13.5. The minimum Gasteiger partial charge on any atom is -0.437 e. The van der Waals surface area contributed by atoms with Gasteiger partial charge in [-0.25, -0.2) is 24.0 Å². The van der Waals surface area contributed by atoms with Gasteiger partial charge in [0.2, 0.25) is 11.8 Å². The number of nitrogens with zero attached hydrogens (tertiary/aromatic N) is 6. The van der Waals surface area contributed by atoms with Crippen molar-refractivity contribution < 1.29 is 13.9 Å². The molecule has 0 aliphatic carbocycles. The summed E-state index contributed by atoms with van der Waals surface area (Å²) in [5.74, 6) is 1.37. The number of amides is 1. The molecular formula is C30H26FN9O2. The lowest BCUT2D eigenvalue weighted by Gasteiger charge is -2.31. The smallest absolute Gasteiger partial charge is 0.245 e. The third-order valence-electron chi connectivity index (χ3n) is 7.53. The molecule has 0 bridgehead atoms. The molecule has 0 radical (unpaired) electrons. The molecule has 1 aromatic carbocycles. The molecule has 11 nitrogen and oxygen atoms in total. The average Bonchev–Trinajstić information content (AvgIpc) is 3.78. The maximum absolute atomic E-state index is 15.3. The molecule has 1 saturated heterocycles. The summed E-state index contributed by atoms with van der Waals surface area (Å²) < 4.78 is 22.7. The second-order valence-corrected chi connectivity index (χ2v) is 10.0. The monoisotopic (exact) mass is 563 g/mol. The van der Waals surface area contributed by atoms with Gasteiger partial charge in [0.1, 0.15) is 35.0 Å². The molecule has 0 unspecified atom stereocenters. The summed E-state index contributed by atoms with van der Waals surface area (Å²) in [6, 6.07) is 12.0. The Morgan fingerprint density at radius 3 is 2.81 bits per heavy atom. The van der Waals surface area contributed by atoms with Gasteiger partial charge in [0, 0.05) is 49.2 Å². The first kappa shape index (κ1) is 25.4. The summed E-state index contributed by atoms with van der Waals surface area (Å²) in [7, 11) is 0. The van der Waals surface area contributed by atoms with Gasteiger partial charge in [-0.2, -0.15) is 0 Å². The second kappa shape index (κ2) is 10.5. The number of aromatic nitrogens is 7. The molecule has 1 aliphatic rings. The van der Waals surface area contributed by atoms with E-state index in [9.17, 15) is 4.79 Å². The third kappa shape index (κ3) is 4.72. The van der Waals surface area contributed by atoms with Crippen molar-refractivity contribution in [3.8, 4) is 17.4 Å². The minimum atomic E-state index is -0.508. The van der Waals surface area contributed by atoms with Gasteiger partial charge >= 0.3 is 0 Å². The number of ether oxygens (including phenoxy) is 1. The predicted octanol–water partition coefficient (Wildman–Crippen LogP) is 5.59. The number of anilines is 2. The zero-order valence-corrected chi connectivity index (χ0v) is 22.4. The largest absolute Gasteiger partial charge is 0.437 e. The first-order valence-corrected chi connectivity index (χ1v) is 13.5. The van der Waals surface area contributed by atoms with Crippen molar-refractivity contribution in [1.82, 2.24) is 39.6 Å². The number of H-pyrrole nitrogens is 2. The molecule has 1 aliphatic heterocycles. The third-order valence-corrected chi connectivity index (χ3v) is 7.53. The normalized spacial score (nSPS) is 14.0. The van der Waals surface area contributed by atoms with Gasteiger partial charge in [-0.3, -0.25) is 4.79 Å². The van der Waals surface area contributed by atoms with Crippen molar-refractivity contribution in [3.05, 3.63) is 91.4 Å². The molecule has 210 valence electrons. The Morgan fingerprint density at radius 2 is 1.98 bits per heavy atom. The van der Waals surface area contributed by atoms with Crippen LogP contribution in [0.5, 0.6) is 11.6 Å². The van der Waals surface area contributed by atoms with E-state index in [0.29, 0.717) is 42.0 Å². The highest BCUT2D eigenvalue weighted by Crippen LogP contribution is 2.37. The van der Waals surface area contributed by atoms with Crippen LogP contribution in [0, 0.1) is 5.82 Å². The van der Waals surface area contributed by atoms with Crippen molar-refractivity contribution in [3.63, 3.8) is 0 Å². The SMILES string of the molecule is C=CC(=O)N1CCC(c2c[nH]c3ncnc(Nc4ccc(Oc5ccn(-c6ccc7cc[nH]c7n6)n5)cc4F)c23)CC1. The van der Waals surface area contributed by atoms with Crippen LogP contribution in [0.3, 0.4) is 0 Å². The van der Waals surface area contributed by atoms with E-state index in [1.165, 1.54) is 18.5 Å². The van der Waals surface area contributed by atoms with E-state index in [-0.39, 0.29) is 17.5 Å². The van der Waals surface area contributed by atoms with Gasteiger partial charge in [0.25, 0.3) is 0 Å². The maximum atomic E-state index is 15.3.